The predicted molar refractivity (Wildman–Crippen MR) is 164 cm³/mol. The van der Waals surface area contributed by atoms with Gasteiger partial charge in [-0.25, -0.2) is 0 Å². The molecule has 3 fully saturated rings. The third kappa shape index (κ3) is 6.73. The minimum absolute atomic E-state index is 0.118. The summed E-state index contributed by atoms with van der Waals surface area (Å²) >= 11 is 0. The first-order valence-corrected chi connectivity index (χ1v) is 15.6. The Labute approximate surface area is 282 Å². The normalized spacial score (nSPS) is 37.8. The molecule has 0 amide bonds. The zero-order chi connectivity index (χ0) is 36.2. The fraction of sp³-hybridized carbons (Fsp3) is 0.531. The van der Waals surface area contributed by atoms with Crippen molar-refractivity contribution in [3.05, 3.63) is 46.6 Å². The van der Waals surface area contributed by atoms with E-state index >= 15 is 0 Å². The maximum Gasteiger partial charge on any atom is 0.239 e. The van der Waals surface area contributed by atoms with Gasteiger partial charge in [-0.3, -0.25) is 4.79 Å². The predicted octanol–water partition coefficient (Wildman–Crippen LogP) is -2.25. The molecule has 18 heteroatoms. The lowest BCUT2D eigenvalue weighted by Crippen LogP contribution is -2.62. The summed E-state index contributed by atoms with van der Waals surface area (Å²) in [5.74, 6) is -1.81. The van der Waals surface area contributed by atoms with Crippen LogP contribution in [0.25, 0.3) is 22.3 Å². The number of hydrogen-bond donors (Lipinski definition) is 10. The number of phenols is 2. The number of ether oxygens (including phenoxy) is 6. The molecule has 2 aromatic carbocycles. The second kappa shape index (κ2) is 14.2. The Kier molecular flexibility index (Phi) is 10.3. The van der Waals surface area contributed by atoms with Crippen LogP contribution in [0.15, 0.2) is 45.6 Å². The highest BCUT2D eigenvalue weighted by Crippen LogP contribution is 2.39. The minimum Gasteiger partial charge on any atom is -0.508 e. The summed E-state index contributed by atoms with van der Waals surface area (Å²) in [5, 5.41) is 103. The van der Waals surface area contributed by atoms with Crippen LogP contribution < -0.4 is 14.9 Å². The lowest BCUT2D eigenvalue weighted by molar-refractivity contribution is -0.341. The summed E-state index contributed by atoms with van der Waals surface area (Å²) in [4.78, 5) is 13.9. The van der Waals surface area contributed by atoms with E-state index in [0.29, 0.717) is 0 Å². The fourth-order valence-electron chi connectivity index (χ4n) is 5.89. The van der Waals surface area contributed by atoms with E-state index in [4.69, 9.17) is 32.8 Å². The van der Waals surface area contributed by atoms with Gasteiger partial charge < -0.3 is 83.9 Å². The molecule has 50 heavy (non-hydrogen) atoms. The maximum atomic E-state index is 13.9. The third-order valence-corrected chi connectivity index (χ3v) is 8.86. The van der Waals surface area contributed by atoms with Gasteiger partial charge in [0.15, 0.2) is 18.2 Å². The number of rotatable bonds is 7. The Balaban J connectivity index is 1.37. The standard InChI is InChI=1S/C32H38O18/c1-10-19(36)23(40)26(43)31(45-10)49-28-22(39)18-15(34)7-14(8-17(18)48-27(28)12-3-5-13(33)6-4-12)47-32-29(24(41)20(37)11(2)46-32)50-30-25(42)21(38)16(35)9-44-30/h3-8,10-11,16,19-21,23-26,29-38,40-43H,9H2,1-2H3/t10-,11-,16-,19-,20-,21+,23+,24+,25+,26-,29-,30+,31+,32+/m0/s1. The molecule has 274 valence electrons. The highest BCUT2D eigenvalue weighted by Gasteiger charge is 2.49. The van der Waals surface area contributed by atoms with Gasteiger partial charge in [-0.05, 0) is 38.1 Å². The van der Waals surface area contributed by atoms with Crippen LogP contribution in [0.2, 0.25) is 0 Å². The largest absolute Gasteiger partial charge is 0.508 e. The van der Waals surface area contributed by atoms with Crippen molar-refractivity contribution in [1.82, 2.24) is 0 Å². The highest BCUT2D eigenvalue weighted by molar-refractivity contribution is 5.88. The molecule has 0 saturated carbocycles. The summed E-state index contributed by atoms with van der Waals surface area (Å²) < 4.78 is 39.9. The van der Waals surface area contributed by atoms with E-state index in [0.717, 1.165) is 6.07 Å². The van der Waals surface area contributed by atoms with E-state index in [9.17, 15) is 55.9 Å². The number of fused-ring (bicyclic) bond motifs is 1. The van der Waals surface area contributed by atoms with E-state index in [2.05, 4.69) is 0 Å². The quantitative estimate of drug-likeness (QED) is 0.124. The summed E-state index contributed by atoms with van der Waals surface area (Å²) in [5.41, 5.74) is -1.02. The van der Waals surface area contributed by atoms with Crippen molar-refractivity contribution < 1.29 is 83.9 Å². The monoisotopic (exact) mass is 710 g/mol. The lowest BCUT2D eigenvalue weighted by Gasteiger charge is -2.44. The van der Waals surface area contributed by atoms with Crippen molar-refractivity contribution in [3.8, 4) is 34.3 Å². The topological polar surface area (TPSA) is 288 Å². The summed E-state index contributed by atoms with van der Waals surface area (Å²) in [6.45, 7) is 2.43. The number of aliphatic hydroxyl groups is 8. The van der Waals surface area contributed by atoms with Gasteiger partial charge in [0.1, 0.15) is 77.0 Å². The van der Waals surface area contributed by atoms with Crippen molar-refractivity contribution in [2.75, 3.05) is 6.61 Å². The fourth-order valence-corrected chi connectivity index (χ4v) is 5.89. The molecule has 3 aliphatic heterocycles. The zero-order valence-electron chi connectivity index (χ0n) is 26.5. The van der Waals surface area contributed by atoms with Gasteiger partial charge in [0.25, 0.3) is 0 Å². The van der Waals surface area contributed by atoms with E-state index in [1.54, 1.807) is 0 Å². The first-order chi connectivity index (χ1) is 23.7. The van der Waals surface area contributed by atoms with Crippen LogP contribution in [0.3, 0.4) is 0 Å². The Bertz CT molecular complexity index is 1710. The van der Waals surface area contributed by atoms with Gasteiger partial charge in [-0.1, -0.05) is 0 Å². The molecule has 0 aliphatic carbocycles. The van der Waals surface area contributed by atoms with Gasteiger partial charge in [0.05, 0.1) is 18.8 Å². The Morgan fingerprint density at radius 3 is 2.00 bits per heavy atom. The van der Waals surface area contributed by atoms with Crippen LogP contribution >= 0.6 is 0 Å². The summed E-state index contributed by atoms with van der Waals surface area (Å²) in [6.07, 6.45) is -21.4. The van der Waals surface area contributed by atoms with Crippen LogP contribution in [-0.2, 0) is 18.9 Å². The van der Waals surface area contributed by atoms with Crippen LogP contribution in [-0.4, -0.2) is 144 Å². The van der Waals surface area contributed by atoms with Gasteiger partial charge in [-0.15, -0.1) is 0 Å². The SMILES string of the molecule is C[C@@H]1O[C@H](Oc2c(-c3ccc(O)cc3)oc3cc(O[C@H]4O[C@@H](C)[C@H](O)[C@@H](O)[C@@H]4O[C@H]4OC[C@H](O)[C@@H](O)[C@H]4O)cc(O)c3c2=O)[C@@H](O)[C@H](O)[C@H]1O. The first kappa shape index (κ1) is 36.2. The molecule has 3 aliphatic rings. The lowest BCUT2D eigenvalue weighted by atomic mass is 9.99. The second-order valence-electron chi connectivity index (χ2n) is 12.4. The number of aliphatic hydroxyl groups excluding tert-OH is 8. The molecule has 18 nitrogen and oxygen atoms in total. The average Bonchev–Trinajstić information content (AvgIpc) is 3.08. The minimum atomic E-state index is -1.80. The highest BCUT2D eigenvalue weighted by atomic mass is 16.8. The Morgan fingerprint density at radius 2 is 1.32 bits per heavy atom. The molecule has 1 aromatic heterocycles. The van der Waals surface area contributed by atoms with Crippen molar-refractivity contribution in [2.24, 2.45) is 0 Å². The molecule has 10 N–H and O–H groups in total. The molecule has 4 heterocycles. The van der Waals surface area contributed by atoms with Crippen LogP contribution in [0.5, 0.6) is 23.0 Å². The molecule has 0 unspecified atom stereocenters. The Hall–Kier alpha value is -3.63. The average molecular weight is 711 g/mol. The smallest absolute Gasteiger partial charge is 0.239 e. The van der Waals surface area contributed by atoms with Crippen molar-refractivity contribution in [2.45, 2.75) is 99.9 Å². The number of aromatic hydroxyl groups is 2. The zero-order valence-corrected chi connectivity index (χ0v) is 26.5. The van der Waals surface area contributed by atoms with Gasteiger partial charge in [0, 0.05) is 17.7 Å². The summed E-state index contributed by atoms with van der Waals surface area (Å²) in [7, 11) is 0. The van der Waals surface area contributed by atoms with Crippen molar-refractivity contribution in [3.63, 3.8) is 0 Å². The van der Waals surface area contributed by atoms with Crippen LogP contribution in [0, 0.1) is 0 Å². The van der Waals surface area contributed by atoms with Gasteiger partial charge in [-0.2, -0.15) is 0 Å². The molecule has 3 saturated heterocycles. The van der Waals surface area contributed by atoms with E-state index in [1.165, 1.54) is 44.2 Å². The maximum absolute atomic E-state index is 13.9. The van der Waals surface area contributed by atoms with Crippen molar-refractivity contribution in [1.29, 1.82) is 0 Å². The molecule has 0 bridgehead atoms. The van der Waals surface area contributed by atoms with Crippen LogP contribution in [0.1, 0.15) is 13.8 Å². The molecule has 14 atom stereocenters. The van der Waals surface area contributed by atoms with Gasteiger partial charge >= 0.3 is 0 Å². The number of benzene rings is 2. The van der Waals surface area contributed by atoms with Gasteiger partial charge in [0.2, 0.25) is 23.8 Å². The molecule has 0 radical (unpaired) electrons. The first-order valence-electron chi connectivity index (χ1n) is 15.6. The molecule has 3 aromatic rings. The molecular formula is C32H38O18. The van der Waals surface area contributed by atoms with E-state index < -0.39 is 115 Å². The van der Waals surface area contributed by atoms with Crippen LogP contribution in [0.4, 0.5) is 0 Å². The molecule has 6 rings (SSSR count). The van der Waals surface area contributed by atoms with E-state index in [1.807, 2.05) is 0 Å². The van der Waals surface area contributed by atoms with Crippen molar-refractivity contribution >= 4 is 11.0 Å². The summed E-state index contributed by atoms with van der Waals surface area (Å²) in [6, 6.07) is 7.55. The number of phenolic OH excluding ortho intramolecular Hbond substituents is 2. The number of hydrogen-bond acceptors (Lipinski definition) is 18. The third-order valence-electron chi connectivity index (χ3n) is 8.86. The van der Waals surface area contributed by atoms with E-state index in [-0.39, 0.29) is 28.4 Å². The second-order valence-corrected chi connectivity index (χ2v) is 12.4. The Morgan fingerprint density at radius 1 is 0.700 bits per heavy atom. The molecule has 0 spiro atoms. The molecular weight excluding hydrogens is 672 g/mol.